The van der Waals surface area contributed by atoms with Gasteiger partial charge in [-0.25, -0.2) is 0 Å². The quantitative estimate of drug-likeness (QED) is 0.299. The molecule has 0 spiro atoms. The lowest BCUT2D eigenvalue weighted by Gasteiger charge is -2.34. The van der Waals surface area contributed by atoms with Crippen LogP contribution in [0.3, 0.4) is 0 Å². The summed E-state index contributed by atoms with van der Waals surface area (Å²) < 4.78 is 11.6. The van der Waals surface area contributed by atoms with Gasteiger partial charge in [0.05, 0.1) is 18.8 Å². The summed E-state index contributed by atoms with van der Waals surface area (Å²) in [6, 6.07) is 8.31. The van der Waals surface area contributed by atoms with Crippen LogP contribution in [-0.4, -0.2) is 69.4 Å². The third kappa shape index (κ3) is 10.5. The minimum Gasteiger partial charge on any atom is -0.491 e. The first-order valence-electron chi connectivity index (χ1n) is 10.5. The molecule has 0 aliphatic carbocycles. The number of rotatable bonds is 9. The molecule has 1 aliphatic rings. The molecular formula is C22H39IN4O2. The van der Waals surface area contributed by atoms with Crippen molar-refractivity contribution in [2.24, 2.45) is 10.9 Å². The van der Waals surface area contributed by atoms with Crippen molar-refractivity contribution in [3.05, 3.63) is 29.8 Å². The van der Waals surface area contributed by atoms with Crippen LogP contribution in [0.1, 0.15) is 33.3 Å². The minimum absolute atomic E-state index is 0. The van der Waals surface area contributed by atoms with Gasteiger partial charge in [0.1, 0.15) is 5.75 Å². The molecule has 1 aliphatic heterocycles. The number of benzene rings is 1. The van der Waals surface area contributed by atoms with Gasteiger partial charge < -0.3 is 20.1 Å². The molecule has 0 saturated carbocycles. The Balaban J connectivity index is 0.00000420. The van der Waals surface area contributed by atoms with Gasteiger partial charge in [-0.15, -0.1) is 24.0 Å². The highest BCUT2D eigenvalue weighted by Gasteiger charge is 2.21. The predicted molar refractivity (Wildman–Crippen MR) is 132 cm³/mol. The number of aliphatic imine (C=N–C) groups is 1. The van der Waals surface area contributed by atoms with E-state index in [0.717, 1.165) is 57.5 Å². The van der Waals surface area contributed by atoms with Crippen molar-refractivity contribution in [3.63, 3.8) is 0 Å². The second kappa shape index (κ2) is 14.0. The van der Waals surface area contributed by atoms with Crippen molar-refractivity contribution in [1.29, 1.82) is 0 Å². The first-order valence-corrected chi connectivity index (χ1v) is 10.5. The van der Waals surface area contributed by atoms with E-state index >= 15 is 0 Å². The second-order valence-corrected chi connectivity index (χ2v) is 8.09. The van der Waals surface area contributed by atoms with Crippen LogP contribution in [0.5, 0.6) is 5.75 Å². The highest BCUT2D eigenvalue weighted by atomic mass is 127. The summed E-state index contributed by atoms with van der Waals surface area (Å²) in [4.78, 5) is 6.81. The van der Waals surface area contributed by atoms with E-state index in [0.29, 0.717) is 5.92 Å². The highest BCUT2D eigenvalue weighted by molar-refractivity contribution is 14.0. The molecule has 166 valence electrons. The first-order chi connectivity index (χ1) is 13.5. The van der Waals surface area contributed by atoms with E-state index < -0.39 is 0 Å². The topological polar surface area (TPSA) is 58.1 Å². The van der Waals surface area contributed by atoms with Gasteiger partial charge in [-0.3, -0.25) is 9.89 Å². The molecule has 2 rings (SSSR count). The minimum atomic E-state index is 0. The summed E-state index contributed by atoms with van der Waals surface area (Å²) in [6.45, 7) is 14.2. The molecular weight excluding hydrogens is 479 g/mol. The normalized spacial score (nSPS) is 17.9. The number of nitrogens with one attached hydrogen (secondary N) is 2. The van der Waals surface area contributed by atoms with Crippen LogP contribution in [0.15, 0.2) is 29.3 Å². The van der Waals surface area contributed by atoms with Crippen LogP contribution in [0.2, 0.25) is 0 Å². The molecule has 1 aromatic carbocycles. The predicted octanol–water partition coefficient (Wildman–Crippen LogP) is 3.16. The van der Waals surface area contributed by atoms with Gasteiger partial charge in [0.2, 0.25) is 0 Å². The van der Waals surface area contributed by atoms with Crippen molar-refractivity contribution in [3.8, 4) is 5.75 Å². The first kappa shape index (κ1) is 26.0. The Kier molecular flexibility index (Phi) is 12.6. The number of morpholine rings is 1. The molecule has 1 saturated heterocycles. The van der Waals surface area contributed by atoms with Gasteiger partial charge in [-0.05, 0) is 43.9 Å². The summed E-state index contributed by atoms with van der Waals surface area (Å²) in [5.41, 5.74) is 1.28. The zero-order chi connectivity index (χ0) is 20.4. The van der Waals surface area contributed by atoms with Gasteiger partial charge >= 0.3 is 0 Å². The molecule has 0 radical (unpaired) electrons. The SMILES string of the molecule is CN=C(NCCc1ccc(OC(C)C)cc1)NCC1CN(CC(C)C)CCO1.I. The third-order valence-corrected chi connectivity index (χ3v) is 4.57. The maximum Gasteiger partial charge on any atom is 0.191 e. The van der Waals surface area contributed by atoms with Gasteiger partial charge in [0.25, 0.3) is 0 Å². The lowest BCUT2D eigenvalue weighted by atomic mass is 10.1. The maximum atomic E-state index is 5.90. The number of halogens is 1. The van der Waals surface area contributed by atoms with Crippen molar-refractivity contribution < 1.29 is 9.47 Å². The largest absolute Gasteiger partial charge is 0.491 e. The van der Waals surface area contributed by atoms with E-state index in [1.54, 1.807) is 7.05 Å². The van der Waals surface area contributed by atoms with E-state index in [1.807, 2.05) is 26.0 Å². The Labute approximate surface area is 193 Å². The van der Waals surface area contributed by atoms with Crippen LogP contribution in [-0.2, 0) is 11.2 Å². The van der Waals surface area contributed by atoms with Crippen molar-refractivity contribution in [2.45, 2.75) is 46.3 Å². The van der Waals surface area contributed by atoms with E-state index in [-0.39, 0.29) is 36.2 Å². The summed E-state index contributed by atoms with van der Waals surface area (Å²) >= 11 is 0. The van der Waals surface area contributed by atoms with E-state index in [4.69, 9.17) is 9.47 Å². The third-order valence-electron chi connectivity index (χ3n) is 4.57. The van der Waals surface area contributed by atoms with Crippen LogP contribution in [0, 0.1) is 5.92 Å². The molecule has 1 aromatic rings. The van der Waals surface area contributed by atoms with Crippen LogP contribution < -0.4 is 15.4 Å². The number of ether oxygens (including phenoxy) is 2. The van der Waals surface area contributed by atoms with Gasteiger partial charge in [-0.2, -0.15) is 0 Å². The monoisotopic (exact) mass is 518 g/mol. The molecule has 2 N–H and O–H groups in total. The van der Waals surface area contributed by atoms with Gasteiger partial charge in [-0.1, -0.05) is 26.0 Å². The summed E-state index contributed by atoms with van der Waals surface area (Å²) in [6.07, 6.45) is 1.34. The Hall–Kier alpha value is -1.06. The summed E-state index contributed by atoms with van der Waals surface area (Å²) in [5, 5.41) is 6.78. The summed E-state index contributed by atoms with van der Waals surface area (Å²) in [7, 11) is 1.81. The fraction of sp³-hybridized carbons (Fsp3) is 0.682. The highest BCUT2D eigenvalue weighted by Crippen LogP contribution is 2.14. The number of guanidine groups is 1. The molecule has 1 fully saturated rings. The van der Waals surface area contributed by atoms with Crippen molar-refractivity contribution in [2.75, 3.05) is 46.4 Å². The molecule has 29 heavy (non-hydrogen) atoms. The molecule has 0 aromatic heterocycles. The van der Waals surface area contributed by atoms with Gasteiger partial charge in [0.15, 0.2) is 5.96 Å². The second-order valence-electron chi connectivity index (χ2n) is 8.09. The number of nitrogens with zero attached hydrogens (tertiary/aromatic N) is 2. The summed E-state index contributed by atoms with van der Waals surface area (Å²) in [5.74, 6) is 2.43. The number of hydrogen-bond donors (Lipinski definition) is 2. The fourth-order valence-corrected chi connectivity index (χ4v) is 3.35. The fourth-order valence-electron chi connectivity index (χ4n) is 3.35. The lowest BCUT2D eigenvalue weighted by molar-refractivity contribution is -0.0284. The Morgan fingerprint density at radius 3 is 2.55 bits per heavy atom. The number of hydrogen-bond acceptors (Lipinski definition) is 4. The zero-order valence-electron chi connectivity index (χ0n) is 18.6. The Morgan fingerprint density at radius 1 is 1.21 bits per heavy atom. The van der Waals surface area contributed by atoms with Crippen molar-refractivity contribution >= 4 is 29.9 Å². The molecule has 0 amide bonds. The molecule has 6 nitrogen and oxygen atoms in total. The zero-order valence-corrected chi connectivity index (χ0v) is 20.9. The van der Waals surface area contributed by atoms with E-state index in [1.165, 1.54) is 5.56 Å². The standard InChI is InChI=1S/C22H38N4O2.HI/c1-17(2)15-26-12-13-27-21(16-26)14-25-22(23-5)24-11-10-19-6-8-20(9-7-19)28-18(3)4;/h6-9,17-18,21H,10-16H2,1-5H3,(H2,23,24,25);1H. The van der Waals surface area contributed by atoms with Crippen LogP contribution in [0.25, 0.3) is 0 Å². The maximum absolute atomic E-state index is 5.90. The average molecular weight is 518 g/mol. The van der Waals surface area contributed by atoms with Crippen molar-refractivity contribution in [1.82, 2.24) is 15.5 Å². The molecule has 1 unspecified atom stereocenters. The van der Waals surface area contributed by atoms with Crippen LogP contribution >= 0.6 is 24.0 Å². The smallest absolute Gasteiger partial charge is 0.191 e. The lowest BCUT2D eigenvalue weighted by Crippen LogP contribution is -2.50. The Bertz CT molecular complexity index is 593. The van der Waals surface area contributed by atoms with Gasteiger partial charge in [0, 0.05) is 39.8 Å². The average Bonchev–Trinajstić information content (AvgIpc) is 2.65. The molecule has 7 heteroatoms. The molecule has 1 heterocycles. The van der Waals surface area contributed by atoms with E-state index in [9.17, 15) is 0 Å². The molecule has 0 bridgehead atoms. The van der Waals surface area contributed by atoms with Crippen LogP contribution in [0.4, 0.5) is 0 Å². The Morgan fingerprint density at radius 2 is 1.93 bits per heavy atom. The van der Waals surface area contributed by atoms with E-state index in [2.05, 4.69) is 46.5 Å². The molecule has 1 atom stereocenters.